The summed E-state index contributed by atoms with van der Waals surface area (Å²) in [5, 5.41) is 3.62. The Hall–Kier alpha value is -2.11. The van der Waals surface area contributed by atoms with Gasteiger partial charge in [-0.05, 0) is 44.0 Å². The van der Waals surface area contributed by atoms with Crippen molar-refractivity contribution in [1.82, 2.24) is 10.2 Å². The third-order valence-electron chi connectivity index (χ3n) is 4.81. The van der Waals surface area contributed by atoms with Gasteiger partial charge in [0, 0.05) is 18.2 Å². The molecule has 0 heterocycles. The Labute approximate surface area is 181 Å². The SMILES string of the molecule is CC[C@H](C)NC(=O)[C@H](C)N(Cc1ccccc1F)C(=O)Cc1ccc(Cl)c(Cl)c1. The van der Waals surface area contributed by atoms with E-state index in [1.165, 1.54) is 11.0 Å². The van der Waals surface area contributed by atoms with Crippen molar-refractivity contribution in [2.24, 2.45) is 0 Å². The molecule has 1 N–H and O–H groups in total. The van der Waals surface area contributed by atoms with Crippen LogP contribution in [0.2, 0.25) is 10.0 Å². The van der Waals surface area contributed by atoms with Crippen molar-refractivity contribution < 1.29 is 14.0 Å². The van der Waals surface area contributed by atoms with E-state index < -0.39 is 11.9 Å². The molecule has 0 spiro atoms. The van der Waals surface area contributed by atoms with Gasteiger partial charge in [-0.3, -0.25) is 9.59 Å². The van der Waals surface area contributed by atoms with E-state index in [1.807, 2.05) is 13.8 Å². The predicted octanol–water partition coefficient (Wildman–Crippen LogP) is 5.01. The molecule has 2 aromatic carbocycles. The lowest BCUT2D eigenvalue weighted by Crippen LogP contribution is -2.50. The molecule has 0 saturated carbocycles. The molecule has 2 amide bonds. The summed E-state index contributed by atoms with van der Waals surface area (Å²) in [5.74, 6) is -1.01. The molecule has 0 bridgehead atoms. The minimum atomic E-state index is -0.765. The zero-order valence-corrected chi connectivity index (χ0v) is 18.2. The lowest BCUT2D eigenvalue weighted by molar-refractivity contribution is -0.140. The van der Waals surface area contributed by atoms with Gasteiger partial charge in [-0.25, -0.2) is 4.39 Å². The maximum Gasteiger partial charge on any atom is 0.242 e. The van der Waals surface area contributed by atoms with Crippen LogP contribution >= 0.6 is 23.2 Å². The molecule has 7 heteroatoms. The molecule has 0 aliphatic rings. The molecular formula is C22H25Cl2FN2O2. The van der Waals surface area contributed by atoms with Crippen molar-refractivity contribution in [3.63, 3.8) is 0 Å². The Bertz CT molecular complexity index is 876. The molecule has 0 unspecified atom stereocenters. The number of rotatable bonds is 8. The van der Waals surface area contributed by atoms with Crippen LogP contribution in [-0.4, -0.2) is 28.8 Å². The van der Waals surface area contributed by atoms with Crippen LogP contribution in [0, 0.1) is 5.82 Å². The quantitative estimate of drug-likeness (QED) is 0.629. The number of nitrogens with zero attached hydrogens (tertiary/aromatic N) is 1. The summed E-state index contributed by atoms with van der Waals surface area (Å²) in [6.07, 6.45) is 0.787. The van der Waals surface area contributed by atoms with E-state index >= 15 is 0 Å². The fraction of sp³-hybridized carbons (Fsp3) is 0.364. The minimum absolute atomic E-state index is 0.0120. The number of nitrogens with one attached hydrogen (secondary N) is 1. The molecule has 2 atom stereocenters. The number of amides is 2. The van der Waals surface area contributed by atoms with Crippen molar-refractivity contribution >= 4 is 35.0 Å². The van der Waals surface area contributed by atoms with Gasteiger partial charge in [0.05, 0.1) is 16.5 Å². The Morgan fingerprint density at radius 2 is 1.79 bits per heavy atom. The van der Waals surface area contributed by atoms with Crippen molar-refractivity contribution in [2.75, 3.05) is 0 Å². The minimum Gasteiger partial charge on any atom is -0.352 e. The van der Waals surface area contributed by atoms with E-state index in [1.54, 1.807) is 43.3 Å². The molecule has 2 aromatic rings. The highest BCUT2D eigenvalue weighted by Crippen LogP contribution is 2.23. The molecule has 29 heavy (non-hydrogen) atoms. The summed E-state index contributed by atoms with van der Waals surface area (Å²) in [6.45, 7) is 5.48. The molecule has 0 aliphatic heterocycles. The molecule has 0 fully saturated rings. The maximum absolute atomic E-state index is 14.2. The fourth-order valence-corrected chi connectivity index (χ4v) is 3.10. The fourth-order valence-electron chi connectivity index (χ4n) is 2.78. The van der Waals surface area contributed by atoms with Crippen molar-refractivity contribution in [3.8, 4) is 0 Å². The summed E-state index contributed by atoms with van der Waals surface area (Å²) in [5.41, 5.74) is 1.01. The van der Waals surface area contributed by atoms with E-state index in [9.17, 15) is 14.0 Å². The van der Waals surface area contributed by atoms with Gasteiger partial charge in [0.1, 0.15) is 11.9 Å². The smallest absolute Gasteiger partial charge is 0.242 e. The first-order valence-electron chi connectivity index (χ1n) is 9.50. The van der Waals surface area contributed by atoms with Crippen molar-refractivity contribution in [1.29, 1.82) is 0 Å². The average Bonchev–Trinajstić information content (AvgIpc) is 2.69. The highest BCUT2D eigenvalue weighted by molar-refractivity contribution is 6.42. The topological polar surface area (TPSA) is 49.4 Å². The average molecular weight is 439 g/mol. The standard InChI is InChI=1S/C22H25Cl2FN2O2/c1-4-14(2)26-22(29)15(3)27(13-17-7-5-6-8-20(17)25)21(28)12-16-9-10-18(23)19(24)11-16/h5-11,14-15H,4,12-13H2,1-3H3,(H,26,29)/t14-,15-/m0/s1. The highest BCUT2D eigenvalue weighted by atomic mass is 35.5. The predicted molar refractivity (Wildman–Crippen MR) is 114 cm³/mol. The van der Waals surface area contributed by atoms with Gasteiger partial charge < -0.3 is 10.2 Å². The van der Waals surface area contributed by atoms with E-state index in [-0.39, 0.29) is 30.8 Å². The van der Waals surface area contributed by atoms with Crippen LogP contribution < -0.4 is 5.32 Å². The van der Waals surface area contributed by atoms with Crippen LogP contribution in [0.15, 0.2) is 42.5 Å². The maximum atomic E-state index is 14.2. The van der Waals surface area contributed by atoms with Crippen molar-refractivity contribution in [3.05, 3.63) is 69.5 Å². The van der Waals surface area contributed by atoms with Crippen LogP contribution in [0.4, 0.5) is 4.39 Å². The Kier molecular flexibility index (Phi) is 8.47. The first-order valence-corrected chi connectivity index (χ1v) is 10.3. The molecule has 156 valence electrons. The second-order valence-electron chi connectivity index (χ2n) is 7.03. The van der Waals surface area contributed by atoms with Gasteiger partial charge in [0.25, 0.3) is 0 Å². The molecule has 0 saturated heterocycles. The lowest BCUT2D eigenvalue weighted by Gasteiger charge is -2.30. The molecule has 0 radical (unpaired) electrons. The molecule has 0 aliphatic carbocycles. The van der Waals surface area contributed by atoms with Crippen LogP contribution in [0.1, 0.15) is 38.3 Å². The van der Waals surface area contributed by atoms with Gasteiger partial charge in [-0.2, -0.15) is 0 Å². The number of hydrogen-bond acceptors (Lipinski definition) is 2. The van der Waals surface area contributed by atoms with Gasteiger partial charge >= 0.3 is 0 Å². The Morgan fingerprint density at radius 3 is 2.41 bits per heavy atom. The first kappa shape index (κ1) is 23.2. The van der Waals surface area contributed by atoms with E-state index in [0.29, 0.717) is 21.2 Å². The largest absolute Gasteiger partial charge is 0.352 e. The Morgan fingerprint density at radius 1 is 1.10 bits per heavy atom. The van der Waals surface area contributed by atoms with Crippen molar-refractivity contribution in [2.45, 2.75) is 52.2 Å². The lowest BCUT2D eigenvalue weighted by atomic mass is 10.1. The van der Waals surface area contributed by atoms with Crippen LogP contribution in [0.5, 0.6) is 0 Å². The summed E-state index contributed by atoms with van der Waals surface area (Å²) in [7, 11) is 0. The zero-order chi connectivity index (χ0) is 21.6. The van der Waals surface area contributed by atoms with Gasteiger partial charge in [0.2, 0.25) is 11.8 Å². The summed E-state index contributed by atoms with van der Waals surface area (Å²) < 4.78 is 14.2. The van der Waals surface area contributed by atoms with Gasteiger partial charge in [-0.15, -0.1) is 0 Å². The van der Waals surface area contributed by atoms with Gasteiger partial charge in [0.15, 0.2) is 0 Å². The normalized spacial score (nSPS) is 12.9. The summed E-state index contributed by atoms with van der Waals surface area (Å²) in [4.78, 5) is 27.1. The Balaban J connectivity index is 2.27. The van der Waals surface area contributed by atoms with Crippen LogP contribution in [0.3, 0.4) is 0 Å². The molecular weight excluding hydrogens is 414 g/mol. The second kappa shape index (κ2) is 10.6. The number of hydrogen-bond donors (Lipinski definition) is 1. The monoisotopic (exact) mass is 438 g/mol. The van der Waals surface area contributed by atoms with Gasteiger partial charge in [-0.1, -0.05) is 54.4 Å². The van der Waals surface area contributed by atoms with Crippen LogP contribution in [-0.2, 0) is 22.6 Å². The summed E-state index contributed by atoms with van der Waals surface area (Å²) in [6, 6.07) is 10.4. The van der Waals surface area contributed by atoms with E-state index in [2.05, 4.69) is 5.32 Å². The van der Waals surface area contributed by atoms with E-state index in [4.69, 9.17) is 23.2 Å². The second-order valence-corrected chi connectivity index (χ2v) is 7.85. The number of carbonyl (C=O) groups excluding carboxylic acids is 2. The first-order chi connectivity index (χ1) is 13.7. The van der Waals surface area contributed by atoms with Crippen LogP contribution in [0.25, 0.3) is 0 Å². The third-order valence-corrected chi connectivity index (χ3v) is 5.55. The summed E-state index contributed by atoms with van der Waals surface area (Å²) >= 11 is 12.0. The van der Waals surface area contributed by atoms with E-state index in [0.717, 1.165) is 6.42 Å². The molecule has 0 aromatic heterocycles. The number of halogens is 3. The number of carbonyl (C=O) groups is 2. The highest BCUT2D eigenvalue weighted by Gasteiger charge is 2.27. The third kappa shape index (κ3) is 6.44. The molecule has 2 rings (SSSR count). The zero-order valence-electron chi connectivity index (χ0n) is 16.7. The number of benzene rings is 2. The molecule has 4 nitrogen and oxygen atoms in total.